The minimum atomic E-state index is -0.305. The van der Waals surface area contributed by atoms with Crippen molar-refractivity contribution in [3.8, 4) is 0 Å². The minimum Gasteiger partial charge on any atom is -0.399 e. The van der Waals surface area contributed by atoms with Gasteiger partial charge in [-0.2, -0.15) is 0 Å². The van der Waals surface area contributed by atoms with Crippen molar-refractivity contribution in [1.82, 2.24) is 10.2 Å². The number of rotatable bonds is 6. The summed E-state index contributed by atoms with van der Waals surface area (Å²) in [6.45, 7) is 0.203. The molecule has 1 saturated carbocycles. The van der Waals surface area contributed by atoms with E-state index in [0.717, 1.165) is 19.3 Å². The molecule has 1 aromatic rings. The third-order valence-corrected chi connectivity index (χ3v) is 3.75. The standard InChI is InChI=1S/C15H21N3O3/c16-12-6-4-11(5-7-12)15(21)17-10-14(20)18(8-9-19)13-2-1-3-13/h4-7,13,19H,1-3,8-10,16H2,(H,17,21). The SMILES string of the molecule is Nc1ccc(C(=O)NCC(=O)N(CCO)C2CCC2)cc1. The first kappa shape index (κ1) is 15.3. The summed E-state index contributed by atoms with van der Waals surface area (Å²) in [4.78, 5) is 25.7. The fourth-order valence-electron chi connectivity index (χ4n) is 2.31. The van der Waals surface area contributed by atoms with Crippen molar-refractivity contribution in [3.05, 3.63) is 29.8 Å². The van der Waals surface area contributed by atoms with Crippen molar-refractivity contribution in [3.63, 3.8) is 0 Å². The quantitative estimate of drug-likeness (QED) is 0.660. The van der Waals surface area contributed by atoms with E-state index in [2.05, 4.69) is 5.32 Å². The summed E-state index contributed by atoms with van der Waals surface area (Å²) < 4.78 is 0. The molecule has 0 bridgehead atoms. The van der Waals surface area contributed by atoms with E-state index < -0.39 is 0 Å². The molecule has 1 aromatic carbocycles. The molecule has 1 aliphatic carbocycles. The van der Waals surface area contributed by atoms with E-state index in [-0.39, 0.29) is 31.0 Å². The molecule has 4 N–H and O–H groups in total. The lowest BCUT2D eigenvalue weighted by Crippen LogP contribution is -2.49. The third-order valence-electron chi connectivity index (χ3n) is 3.75. The summed E-state index contributed by atoms with van der Waals surface area (Å²) in [5.41, 5.74) is 6.61. The highest BCUT2D eigenvalue weighted by molar-refractivity contribution is 5.96. The van der Waals surface area contributed by atoms with Crippen LogP contribution in [0.25, 0.3) is 0 Å². The molecular weight excluding hydrogens is 270 g/mol. The van der Waals surface area contributed by atoms with Crippen LogP contribution in [-0.2, 0) is 4.79 Å². The highest BCUT2D eigenvalue weighted by Gasteiger charge is 2.28. The zero-order valence-corrected chi connectivity index (χ0v) is 11.9. The van der Waals surface area contributed by atoms with E-state index in [9.17, 15) is 9.59 Å². The number of nitrogens with zero attached hydrogens (tertiary/aromatic N) is 1. The molecule has 114 valence electrons. The fraction of sp³-hybridized carbons (Fsp3) is 0.467. The summed E-state index contributed by atoms with van der Waals surface area (Å²) in [5.74, 6) is -0.460. The largest absolute Gasteiger partial charge is 0.399 e. The van der Waals surface area contributed by atoms with Gasteiger partial charge in [-0.25, -0.2) is 0 Å². The van der Waals surface area contributed by atoms with Gasteiger partial charge >= 0.3 is 0 Å². The number of anilines is 1. The number of carbonyl (C=O) groups is 2. The first-order valence-electron chi connectivity index (χ1n) is 7.16. The van der Waals surface area contributed by atoms with Crippen LogP contribution < -0.4 is 11.1 Å². The zero-order valence-electron chi connectivity index (χ0n) is 11.9. The van der Waals surface area contributed by atoms with Gasteiger partial charge < -0.3 is 21.1 Å². The van der Waals surface area contributed by atoms with Gasteiger partial charge in [0, 0.05) is 23.8 Å². The van der Waals surface area contributed by atoms with Crippen molar-refractivity contribution in [2.75, 3.05) is 25.4 Å². The van der Waals surface area contributed by atoms with Gasteiger partial charge in [-0.15, -0.1) is 0 Å². The third kappa shape index (κ3) is 3.95. The zero-order chi connectivity index (χ0) is 15.2. The van der Waals surface area contributed by atoms with Crippen LogP contribution in [-0.4, -0.2) is 47.6 Å². The Morgan fingerprint density at radius 2 is 1.95 bits per heavy atom. The van der Waals surface area contributed by atoms with Crippen LogP contribution in [0.4, 0.5) is 5.69 Å². The Labute approximate surface area is 123 Å². The maximum absolute atomic E-state index is 12.1. The summed E-state index contributed by atoms with van der Waals surface area (Å²) in [5, 5.41) is 11.6. The molecule has 0 saturated heterocycles. The minimum absolute atomic E-state index is 0.0558. The molecule has 2 rings (SSSR count). The first-order chi connectivity index (χ1) is 10.1. The Bertz CT molecular complexity index is 497. The lowest BCUT2D eigenvalue weighted by Gasteiger charge is -2.37. The Hall–Kier alpha value is -2.08. The highest BCUT2D eigenvalue weighted by Crippen LogP contribution is 2.24. The van der Waals surface area contributed by atoms with Gasteiger partial charge in [0.25, 0.3) is 5.91 Å². The molecule has 21 heavy (non-hydrogen) atoms. The lowest BCUT2D eigenvalue weighted by atomic mass is 9.91. The summed E-state index contributed by atoms with van der Waals surface area (Å²) in [6.07, 6.45) is 3.05. The van der Waals surface area contributed by atoms with Crippen LogP contribution in [0.1, 0.15) is 29.6 Å². The molecule has 6 nitrogen and oxygen atoms in total. The second-order valence-corrected chi connectivity index (χ2v) is 5.20. The predicted octanol–water partition coefficient (Wildman–Crippen LogP) is 0.372. The number of carbonyl (C=O) groups excluding carboxylic acids is 2. The van der Waals surface area contributed by atoms with Crippen molar-refractivity contribution in [1.29, 1.82) is 0 Å². The normalized spacial score (nSPS) is 14.3. The molecule has 0 aromatic heterocycles. The number of hydrogen-bond acceptors (Lipinski definition) is 4. The molecule has 0 radical (unpaired) electrons. The van der Waals surface area contributed by atoms with Crippen LogP contribution in [0, 0.1) is 0 Å². The number of nitrogens with one attached hydrogen (secondary N) is 1. The van der Waals surface area contributed by atoms with Gasteiger partial charge in [0.15, 0.2) is 0 Å². The molecular formula is C15H21N3O3. The van der Waals surface area contributed by atoms with Gasteiger partial charge in [-0.3, -0.25) is 9.59 Å². The number of aliphatic hydroxyl groups is 1. The predicted molar refractivity (Wildman–Crippen MR) is 79.6 cm³/mol. The van der Waals surface area contributed by atoms with Crippen LogP contribution in [0.3, 0.4) is 0 Å². The number of nitrogens with two attached hydrogens (primary N) is 1. The molecule has 1 fully saturated rings. The number of benzene rings is 1. The maximum Gasteiger partial charge on any atom is 0.251 e. The lowest BCUT2D eigenvalue weighted by molar-refractivity contribution is -0.134. The van der Waals surface area contributed by atoms with Gasteiger partial charge in [0.2, 0.25) is 5.91 Å². The van der Waals surface area contributed by atoms with E-state index in [1.54, 1.807) is 29.2 Å². The van der Waals surface area contributed by atoms with E-state index in [1.807, 2.05) is 0 Å². The summed E-state index contributed by atoms with van der Waals surface area (Å²) >= 11 is 0. The second kappa shape index (κ2) is 7.08. The molecule has 6 heteroatoms. The van der Waals surface area contributed by atoms with Gasteiger partial charge in [0.1, 0.15) is 0 Å². The van der Waals surface area contributed by atoms with E-state index in [1.165, 1.54) is 0 Å². The van der Waals surface area contributed by atoms with Crippen molar-refractivity contribution < 1.29 is 14.7 Å². The number of amides is 2. The van der Waals surface area contributed by atoms with E-state index in [4.69, 9.17) is 10.8 Å². The summed E-state index contributed by atoms with van der Waals surface area (Å²) in [6, 6.07) is 6.73. The monoisotopic (exact) mass is 291 g/mol. The Balaban J connectivity index is 1.87. The number of hydrogen-bond donors (Lipinski definition) is 3. The maximum atomic E-state index is 12.1. The molecule has 0 spiro atoms. The van der Waals surface area contributed by atoms with Gasteiger partial charge in [-0.1, -0.05) is 0 Å². The van der Waals surface area contributed by atoms with Crippen molar-refractivity contribution in [2.45, 2.75) is 25.3 Å². The van der Waals surface area contributed by atoms with Crippen LogP contribution >= 0.6 is 0 Å². The van der Waals surface area contributed by atoms with Crippen molar-refractivity contribution in [2.24, 2.45) is 0 Å². The number of aliphatic hydroxyl groups excluding tert-OH is 1. The van der Waals surface area contributed by atoms with Crippen LogP contribution in [0.2, 0.25) is 0 Å². The second-order valence-electron chi connectivity index (χ2n) is 5.20. The Morgan fingerprint density at radius 3 is 2.48 bits per heavy atom. The molecule has 2 amide bonds. The summed E-state index contributed by atoms with van der Waals surface area (Å²) in [7, 11) is 0. The van der Waals surface area contributed by atoms with Crippen molar-refractivity contribution >= 4 is 17.5 Å². The van der Waals surface area contributed by atoms with Gasteiger partial charge in [0.05, 0.1) is 13.2 Å². The van der Waals surface area contributed by atoms with E-state index in [0.29, 0.717) is 17.8 Å². The fourth-order valence-corrected chi connectivity index (χ4v) is 2.31. The molecule has 1 aliphatic rings. The smallest absolute Gasteiger partial charge is 0.251 e. The van der Waals surface area contributed by atoms with Crippen LogP contribution in [0.15, 0.2) is 24.3 Å². The number of nitrogen functional groups attached to an aromatic ring is 1. The molecule has 0 heterocycles. The Kier molecular flexibility index (Phi) is 5.16. The molecule has 0 aliphatic heterocycles. The first-order valence-corrected chi connectivity index (χ1v) is 7.16. The average molecular weight is 291 g/mol. The topological polar surface area (TPSA) is 95.7 Å². The molecule has 0 atom stereocenters. The molecule has 0 unspecified atom stereocenters. The van der Waals surface area contributed by atoms with Gasteiger partial charge in [-0.05, 0) is 43.5 Å². The average Bonchev–Trinajstić information content (AvgIpc) is 2.43. The van der Waals surface area contributed by atoms with E-state index >= 15 is 0 Å². The Morgan fingerprint density at radius 1 is 1.29 bits per heavy atom. The van der Waals surface area contributed by atoms with Crippen LogP contribution in [0.5, 0.6) is 0 Å². The highest BCUT2D eigenvalue weighted by atomic mass is 16.3.